The van der Waals surface area contributed by atoms with E-state index in [0.29, 0.717) is 25.7 Å². The largest absolute Gasteiger partial charge is 0.490 e. The summed E-state index contributed by atoms with van der Waals surface area (Å²) >= 11 is 0. The average Bonchev–Trinajstić information content (AvgIpc) is 2.64. The van der Waals surface area contributed by atoms with Crippen molar-refractivity contribution in [3.8, 4) is 5.75 Å². The molecule has 1 aromatic heterocycles. The van der Waals surface area contributed by atoms with Crippen LogP contribution >= 0.6 is 0 Å². The molecule has 0 bridgehead atoms. The molecule has 25 heavy (non-hydrogen) atoms. The Morgan fingerprint density at radius 1 is 1.28 bits per heavy atom. The second kappa shape index (κ2) is 7.11. The number of carbonyl (C=O) groups excluding carboxylic acids is 1. The highest BCUT2D eigenvalue weighted by atomic mass is 16.5. The first kappa shape index (κ1) is 17.2. The van der Waals surface area contributed by atoms with Crippen LogP contribution in [-0.2, 0) is 5.60 Å². The fourth-order valence-electron chi connectivity index (χ4n) is 3.20. The minimum Gasteiger partial charge on any atom is -0.490 e. The Morgan fingerprint density at radius 3 is 2.56 bits per heavy atom. The van der Waals surface area contributed by atoms with Crippen molar-refractivity contribution in [3.05, 3.63) is 64.2 Å². The number of hydrogen-bond donors (Lipinski definition) is 2. The summed E-state index contributed by atoms with van der Waals surface area (Å²) in [5.41, 5.74) is -0.350. The predicted octanol–water partition coefficient (Wildman–Crippen LogP) is 2.21. The van der Waals surface area contributed by atoms with E-state index < -0.39 is 16.9 Å². The molecular formula is C19H21NO5. The minimum atomic E-state index is -0.852. The molecule has 1 saturated carbocycles. The van der Waals surface area contributed by atoms with E-state index in [0.717, 1.165) is 17.9 Å². The Bertz CT molecular complexity index is 791. The summed E-state index contributed by atoms with van der Waals surface area (Å²) in [5, 5.41) is 13.7. The number of aliphatic hydroxyl groups is 1. The molecule has 1 amide bonds. The summed E-state index contributed by atoms with van der Waals surface area (Å²) < 4.78 is 9.99. The molecular weight excluding hydrogens is 322 g/mol. The quantitative estimate of drug-likeness (QED) is 0.888. The maximum atomic E-state index is 12.2. The molecule has 0 aliphatic heterocycles. The van der Waals surface area contributed by atoms with Gasteiger partial charge in [0.15, 0.2) is 5.76 Å². The molecule has 3 rings (SSSR count). The van der Waals surface area contributed by atoms with Crippen LogP contribution in [0, 0.1) is 0 Å². The van der Waals surface area contributed by atoms with E-state index in [9.17, 15) is 14.7 Å². The zero-order valence-corrected chi connectivity index (χ0v) is 14.0. The number of nitrogens with one attached hydrogen (secondary N) is 1. The molecule has 132 valence electrons. The summed E-state index contributed by atoms with van der Waals surface area (Å²) in [6, 6.07) is 10.6. The van der Waals surface area contributed by atoms with Crippen molar-refractivity contribution in [2.45, 2.75) is 37.3 Å². The van der Waals surface area contributed by atoms with Gasteiger partial charge in [-0.3, -0.25) is 9.59 Å². The van der Waals surface area contributed by atoms with Gasteiger partial charge in [-0.1, -0.05) is 30.3 Å². The van der Waals surface area contributed by atoms with E-state index in [1.165, 1.54) is 7.11 Å². The third-order valence-corrected chi connectivity index (χ3v) is 4.70. The van der Waals surface area contributed by atoms with Crippen molar-refractivity contribution in [2.75, 3.05) is 7.11 Å². The van der Waals surface area contributed by atoms with Gasteiger partial charge in [-0.05, 0) is 31.2 Å². The third kappa shape index (κ3) is 3.74. The molecule has 0 atom stereocenters. The monoisotopic (exact) mass is 343 g/mol. The summed E-state index contributed by atoms with van der Waals surface area (Å²) in [5.74, 6) is -0.424. The molecule has 6 nitrogen and oxygen atoms in total. The van der Waals surface area contributed by atoms with E-state index in [1.54, 1.807) is 0 Å². The van der Waals surface area contributed by atoms with Crippen LogP contribution in [0.1, 0.15) is 41.8 Å². The molecule has 1 fully saturated rings. The van der Waals surface area contributed by atoms with Crippen LogP contribution in [-0.4, -0.2) is 24.2 Å². The predicted molar refractivity (Wildman–Crippen MR) is 91.6 cm³/mol. The number of hydrogen-bond acceptors (Lipinski definition) is 5. The molecule has 0 unspecified atom stereocenters. The van der Waals surface area contributed by atoms with Gasteiger partial charge >= 0.3 is 0 Å². The lowest BCUT2D eigenvalue weighted by Crippen LogP contribution is -2.42. The van der Waals surface area contributed by atoms with Crippen molar-refractivity contribution in [1.29, 1.82) is 0 Å². The molecule has 1 aliphatic rings. The first-order valence-electron chi connectivity index (χ1n) is 8.27. The molecule has 0 radical (unpaired) electrons. The van der Waals surface area contributed by atoms with E-state index in [2.05, 4.69) is 5.32 Å². The Labute approximate surface area is 145 Å². The van der Waals surface area contributed by atoms with Gasteiger partial charge in [0.05, 0.1) is 12.7 Å². The third-order valence-electron chi connectivity index (χ3n) is 4.70. The molecule has 2 N–H and O–H groups in total. The number of benzene rings is 1. The zero-order chi connectivity index (χ0) is 17.9. The van der Waals surface area contributed by atoms with Gasteiger partial charge in [-0.25, -0.2) is 0 Å². The van der Waals surface area contributed by atoms with E-state index in [-0.39, 0.29) is 17.6 Å². The lowest BCUT2D eigenvalue weighted by molar-refractivity contribution is -0.00813. The Kier molecular flexibility index (Phi) is 4.90. The molecule has 2 aromatic rings. The molecule has 6 heteroatoms. The van der Waals surface area contributed by atoms with Crippen molar-refractivity contribution in [3.63, 3.8) is 0 Å². The number of carbonyl (C=O) groups is 1. The summed E-state index contributed by atoms with van der Waals surface area (Å²) in [4.78, 5) is 24.0. The smallest absolute Gasteiger partial charge is 0.287 e. The Hall–Kier alpha value is -2.60. The Balaban J connectivity index is 1.61. The average molecular weight is 343 g/mol. The van der Waals surface area contributed by atoms with Gasteiger partial charge in [0.1, 0.15) is 6.26 Å². The topological polar surface area (TPSA) is 88.8 Å². The highest BCUT2D eigenvalue weighted by Gasteiger charge is 2.35. The van der Waals surface area contributed by atoms with E-state index >= 15 is 0 Å². The van der Waals surface area contributed by atoms with Gasteiger partial charge in [-0.2, -0.15) is 0 Å². The fraction of sp³-hybridized carbons (Fsp3) is 0.368. The van der Waals surface area contributed by atoms with Crippen LogP contribution in [0.3, 0.4) is 0 Å². The standard InChI is InChI=1S/C19H21NO5/c1-24-17-12-25-16(11-15(17)21)18(22)20-14-7-9-19(23,10-8-14)13-5-3-2-4-6-13/h2-6,11-12,14,23H,7-10H2,1H3,(H,20,22). The summed E-state index contributed by atoms with van der Waals surface area (Å²) in [6.45, 7) is 0. The van der Waals surface area contributed by atoms with Crippen molar-refractivity contribution in [1.82, 2.24) is 5.32 Å². The minimum absolute atomic E-state index is 0.0466. The van der Waals surface area contributed by atoms with Crippen LogP contribution in [0.2, 0.25) is 0 Å². The van der Waals surface area contributed by atoms with Crippen LogP contribution < -0.4 is 15.5 Å². The van der Waals surface area contributed by atoms with Gasteiger partial charge in [-0.15, -0.1) is 0 Å². The second-order valence-electron chi connectivity index (χ2n) is 6.32. The Morgan fingerprint density at radius 2 is 1.96 bits per heavy atom. The van der Waals surface area contributed by atoms with Crippen molar-refractivity contribution in [2.24, 2.45) is 0 Å². The van der Waals surface area contributed by atoms with Crippen molar-refractivity contribution >= 4 is 5.91 Å². The van der Waals surface area contributed by atoms with Crippen LogP contribution in [0.25, 0.3) is 0 Å². The fourth-order valence-corrected chi connectivity index (χ4v) is 3.20. The molecule has 0 saturated heterocycles. The normalized spacial score (nSPS) is 23.0. The lowest BCUT2D eigenvalue weighted by Gasteiger charge is -2.36. The zero-order valence-electron chi connectivity index (χ0n) is 14.0. The number of rotatable bonds is 4. The molecule has 0 spiro atoms. The summed E-state index contributed by atoms with van der Waals surface area (Å²) in [6.07, 6.45) is 3.56. The number of methoxy groups -OCH3 is 1. The first-order valence-corrected chi connectivity index (χ1v) is 8.27. The van der Waals surface area contributed by atoms with Gasteiger partial charge in [0, 0.05) is 12.1 Å². The van der Waals surface area contributed by atoms with Gasteiger partial charge < -0.3 is 19.6 Å². The summed E-state index contributed by atoms with van der Waals surface area (Å²) in [7, 11) is 1.36. The van der Waals surface area contributed by atoms with Gasteiger partial charge in [0.25, 0.3) is 5.91 Å². The lowest BCUT2D eigenvalue weighted by atomic mass is 9.78. The SMILES string of the molecule is COc1coc(C(=O)NC2CCC(O)(c3ccccc3)CC2)cc1=O. The number of ether oxygens (including phenoxy) is 1. The van der Waals surface area contributed by atoms with Crippen LogP contribution in [0.15, 0.2) is 51.9 Å². The number of amides is 1. The maximum Gasteiger partial charge on any atom is 0.287 e. The van der Waals surface area contributed by atoms with Crippen LogP contribution in [0.4, 0.5) is 0 Å². The van der Waals surface area contributed by atoms with E-state index in [1.807, 2.05) is 30.3 Å². The van der Waals surface area contributed by atoms with E-state index in [4.69, 9.17) is 9.15 Å². The van der Waals surface area contributed by atoms with Crippen molar-refractivity contribution < 1.29 is 19.1 Å². The first-order chi connectivity index (χ1) is 12.0. The second-order valence-corrected chi connectivity index (χ2v) is 6.32. The highest BCUT2D eigenvalue weighted by molar-refractivity contribution is 5.91. The van der Waals surface area contributed by atoms with Crippen LogP contribution in [0.5, 0.6) is 5.75 Å². The molecule has 1 heterocycles. The highest BCUT2D eigenvalue weighted by Crippen LogP contribution is 2.36. The molecule has 1 aliphatic carbocycles. The van der Waals surface area contributed by atoms with Gasteiger partial charge in [0.2, 0.25) is 11.2 Å². The molecule has 1 aromatic carbocycles. The maximum absolute atomic E-state index is 12.2.